The number of hydrogen-bond donors (Lipinski definition) is 1. The van der Waals surface area contributed by atoms with Crippen molar-refractivity contribution in [1.29, 1.82) is 0 Å². The number of thiazole rings is 1. The molecule has 7 nitrogen and oxygen atoms in total. The number of rotatable bonds is 7. The summed E-state index contributed by atoms with van der Waals surface area (Å²) in [6.45, 7) is 0.691. The molecule has 0 fully saturated rings. The fourth-order valence-corrected chi connectivity index (χ4v) is 4.00. The molecule has 3 amide bonds. The highest BCUT2D eigenvalue weighted by Gasteiger charge is 2.35. The Hall–Kier alpha value is -3.43. The van der Waals surface area contributed by atoms with E-state index in [4.69, 9.17) is 4.74 Å². The molecular formula is C22H18FN3O4S. The van der Waals surface area contributed by atoms with Crippen LogP contribution >= 0.6 is 11.3 Å². The lowest BCUT2D eigenvalue weighted by Gasteiger charge is -2.12. The molecule has 0 unspecified atom stereocenters. The lowest BCUT2D eigenvalue weighted by atomic mass is 10.1. The van der Waals surface area contributed by atoms with Gasteiger partial charge in [-0.25, -0.2) is 9.37 Å². The van der Waals surface area contributed by atoms with Gasteiger partial charge in [0.15, 0.2) is 5.13 Å². The number of carbonyl (C=O) groups is 3. The number of fused-ring (bicyclic) bond motifs is 1. The topological polar surface area (TPSA) is 88.6 Å². The largest absolute Gasteiger partial charge is 0.385 e. The molecule has 158 valence electrons. The van der Waals surface area contributed by atoms with Crippen LogP contribution in [0.25, 0.3) is 11.3 Å². The van der Waals surface area contributed by atoms with Crippen LogP contribution in [0.3, 0.4) is 0 Å². The monoisotopic (exact) mass is 439 g/mol. The van der Waals surface area contributed by atoms with Gasteiger partial charge in [-0.2, -0.15) is 0 Å². The summed E-state index contributed by atoms with van der Waals surface area (Å²) < 4.78 is 18.4. The summed E-state index contributed by atoms with van der Waals surface area (Å²) in [5.41, 5.74) is 1.87. The van der Waals surface area contributed by atoms with Gasteiger partial charge >= 0.3 is 0 Å². The smallest absolute Gasteiger partial charge is 0.261 e. The number of hydrogen-bond acceptors (Lipinski definition) is 6. The SMILES string of the molecule is COCCCN1C(=O)c2ccc(C(=O)Nc3nc(-c4cccc(F)c4)cs3)cc2C1=O. The number of aromatic nitrogens is 1. The Morgan fingerprint density at radius 3 is 2.74 bits per heavy atom. The molecule has 0 bridgehead atoms. The van der Waals surface area contributed by atoms with Crippen LogP contribution in [-0.4, -0.2) is 47.9 Å². The Morgan fingerprint density at radius 1 is 1.16 bits per heavy atom. The van der Waals surface area contributed by atoms with Gasteiger partial charge in [-0.1, -0.05) is 12.1 Å². The van der Waals surface area contributed by atoms with Crippen molar-refractivity contribution in [3.05, 3.63) is 70.4 Å². The minimum atomic E-state index is -0.457. The molecule has 0 atom stereocenters. The van der Waals surface area contributed by atoms with Crippen LogP contribution in [0.4, 0.5) is 9.52 Å². The number of benzene rings is 2. The van der Waals surface area contributed by atoms with Crippen LogP contribution in [0, 0.1) is 5.82 Å². The van der Waals surface area contributed by atoms with E-state index in [0.717, 1.165) is 4.90 Å². The van der Waals surface area contributed by atoms with Gasteiger partial charge in [0.2, 0.25) is 0 Å². The van der Waals surface area contributed by atoms with E-state index in [-0.39, 0.29) is 35.0 Å². The van der Waals surface area contributed by atoms with Gasteiger partial charge in [-0.15, -0.1) is 11.3 Å². The first-order chi connectivity index (χ1) is 15.0. The van der Waals surface area contributed by atoms with Gasteiger partial charge in [0.25, 0.3) is 17.7 Å². The Balaban J connectivity index is 1.49. The number of imide groups is 1. The molecule has 0 radical (unpaired) electrons. The number of anilines is 1. The van der Waals surface area contributed by atoms with E-state index in [0.29, 0.717) is 29.4 Å². The number of nitrogens with one attached hydrogen (secondary N) is 1. The van der Waals surface area contributed by atoms with E-state index in [1.807, 2.05) is 0 Å². The molecule has 9 heteroatoms. The second-order valence-corrected chi connectivity index (χ2v) is 7.73. The van der Waals surface area contributed by atoms with Crippen molar-refractivity contribution in [3.8, 4) is 11.3 Å². The first kappa shape index (κ1) is 20.8. The first-order valence-electron chi connectivity index (χ1n) is 9.50. The molecule has 1 aromatic heterocycles. The third-order valence-corrected chi connectivity index (χ3v) is 5.57. The van der Waals surface area contributed by atoms with Gasteiger partial charge < -0.3 is 4.74 Å². The van der Waals surface area contributed by atoms with Crippen LogP contribution in [0.5, 0.6) is 0 Å². The molecule has 0 spiro atoms. The Labute approximate surface area is 181 Å². The summed E-state index contributed by atoms with van der Waals surface area (Å²) in [6, 6.07) is 10.4. The number of carbonyl (C=O) groups excluding carboxylic acids is 3. The molecule has 0 saturated heterocycles. The summed E-state index contributed by atoms with van der Waals surface area (Å²) in [4.78, 5) is 43.2. The molecule has 1 N–H and O–H groups in total. The highest BCUT2D eigenvalue weighted by atomic mass is 32.1. The summed E-state index contributed by atoms with van der Waals surface area (Å²) in [6.07, 6.45) is 0.535. The minimum absolute atomic E-state index is 0.203. The first-order valence-corrected chi connectivity index (χ1v) is 10.4. The zero-order valence-corrected chi connectivity index (χ0v) is 17.4. The average molecular weight is 439 g/mol. The van der Waals surface area contributed by atoms with Crippen molar-refractivity contribution in [1.82, 2.24) is 9.88 Å². The van der Waals surface area contributed by atoms with E-state index in [2.05, 4.69) is 10.3 Å². The third-order valence-electron chi connectivity index (χ3n) is 4.81. The molecule has 1 aliphatic rings. The number of amides is 3. The summed E-state index contributed by atoms with van der Waals surface area (Å²) in [5, 5.41) is 4.74. The van der Waals surface area contributed by atoms with Gasteiger partial charge in [0, 0.05) is 36.8 Å². The van der Waals surface area contributed by atoms with E-state index in [9.17, 15) is 18.8 Å². The molecule has 4 rings (SSSR count). The van der Waals surface area contributed by atoms with Crippen molar-refractivity contribution in [2.75, 3.05) is 25.6 Å². The highest BCUT2D eigenvalue weighted by Crippen LogP contribution is 2.27. The predicted octanol–water partition coefficient (Wildman–Crippen LogP) is 3.83. The van der Waals surface area contributed by atoms with Crippen LogP contribution in [-0.2, 0) is 4.74 Å². The number of methoxy groups -OCH3 is 1. The van der Waals surface area contributed by atoms with Gasteiger partial charge in [0.1, 0.15) is 5.82 Å². The van der Waals surface area contributed by atoms with Crippen LogP contribution < -0.4 is 5.32 Å². The molecule has 3 aromatic rings. The van der Waals surface area contributed by atoms with Crippen molar-refractivity contribution < 1.29 is 23.5 Å². The maximum absolute atomic E-state index is 13.4. The van der Waals surface area contributed by atoms with Crippen molar-refractivity contribution in [2.24, 2.45) is 0 Å². The van der Waals surface area contributed by atoms with E-state index in [1.54, 1.807) is 24.6 Å². The molecule has 1 aliphatic heterocycles. The molecule has 0 aliphatic carbocycles. The van der Waals surface area contributed by atoms with Crippen LogP contribution in [0.2, 0.25) is 0 Å². The van der Waals surface area contributed by atoms with Crippen molar-refractivity contribution in [3.63, 3.8) is 0 Å². The second kappa shape index (κ2) is 8.75. The maximum Gasteiger partial charge on any atom is 0.261 e. The summed E-state index contributed by atoms with van der Waals surface area (Å²) >= 11 is 1.20. The fourth-order valence-electron chi connectivity index (χ4n) is 3.28. The van der Waals surface area contributed by atoms with Crippen molar-refractivity contribution in [2.45, 2.75) is 6.42 Å². The minimum Gasteiger partial charge on any atom is -0.385 e. The Bertz CT molecular complexity index is 1180. The van der Waals surface area contributed by atoms with Crippen molar-refractivity contribution >= 4 is 34.2 Å². The fraction of sp³-hybridized carbons (Fsp3) is 0.182. The quantitative estimate of drug-likeness (QED) is 0.446. The summed E-state index contributed by atoms with van der Waals surface area (Å²) in [5.74, 6) is -1.62. The van der Waals surface area contributed by atoms with Gasteiger partial charge in [0.05, 0.1) is 16.8 Å². The number of nitrogens with zero attached hydrogens (tertiary/aromatic N) is 2. The lowest BCUT2D eigenvalue weighted by molar-refractivity contribution is 0.0638. The number of halogens is 1. The maximum atomic E-state index is 13.4. The molecule has 31 heavy (non-hydrogen) atoms. The third kappa shape index (κ3) is 4.23. The summed E-state index contributed by atoms with van der Waals surface area (Å²) in [7, 11) is 1.55. The van der Waals surface area contributed by atoms with E-state index < -0.39 is 11.8 Å². The van der Waals surface area contributed by atoms with E-state index in [1.165, 1.54) is 41.7 Å². The Morgan fingerprint density at radius 2 is 1.97 bits per heavy atom. The van der Waals surface area contributed by atoms with Gasteiger partial charge in [-0.3, -0.25) is 24.6 Å². The predicted molar refractivity (Wildman–Crippen MR) is 114 cm³/mol. The van der Waals surface area contributed by atoms with E-state index >= 15 is 0 Å². The zero-order valence-electron chi connectivity index (χ0n) is 16.6. The molecule has 2 heterocycles. The average Bonchev–Trinajstić information content (AvgIpc) is 3.32. The highest BCUT2D eigenvalue weighted by molar-refractivity contribution is 7.14. The lowest BCUT2D eigenvalue weighted by Crippen LogP contribution is -2.31. The zero-order chi connectivity index (χ0) is 22.0. The molecular weight excluding hydrogens is 421 g/mol. The van der Waals surface area contributed by atoms with Crippen LogP contribution in [0.15, 0.2) is 47.8 Å². The van der Waals surface area contributed by atoms with Crippen LogP contribution in [0.1, 0.15) is 37.5 Å². The van der Waals surface area contributed by atoms with Gasteiger partial charge in [-0.05, 0) is 36.8 Å². The number of ether oxygens (including phenoxy) is 1. The standard InChI is InChI=1S/C22H18FN3O4S/c1-30-9-3-8-26-20(28)16-7-6-14(11-17(16)21(26)29)19(27)25-22-24-18(12-31-22)13-4-2-5-15(23)10-13/h2,4-7,10-12H,3,8-9H2,1H3,(H,24,25,27). The Kier molecular flexibility index (Phi) is 5.88. The molecule has 0 saturated carbocycles. The normalized spacial score (nSPS) is 12.9. The molecule has 2 aromatic carbocycles. The second-order valence-electron chi connectivity index (χ2n) is 6.87.